The molecule has 0 spiro atoms. The molecule has 13 heavy (non-hydrogen) atoms. The first-order valence-electron chi connectivity index (χ1n) is 3.54. The van der Waals surface area contributed by atoms with E-state index in [0.29, 0.717) is 11.4 Å². The Morgan fingerprint density at radius 2 is 2.46 bits per heavy atom. The number of carbonyl (C=O) groups excluding carboxylic acids is 1. The summed E-state index contributed by atoms with van der Waals surface area (Å²) in [6, 6.07) is 3.35. The molecule has 0 radical (unpaired) electrons. The summed E-state index contributed by atoms with van der Waals surface area (Å²) in [4.78, 5) is 14.5. The largest absolute Gasteiger partial charge is 0.459 e. The lowest BCUT2D eigenvalue weighted by Crippen LogP contribution is -1.96. The van der Waals surface area contributed by atoms with Crippen molar-refractivity contribution in [2.45, 2.75) is 0 Å². The second-order valence-electron chi connectivity index (χ2n) is 2.18. The average Bonchev–Trinajstić information content (AvgIpc) is 2.16. The van der Waals surface area contributed by atoms with Crippen LogP contribution in [-0.4, -0.2) is 18.1 Å². The van der Waals surface area contributed by atoms with E-state index in [-0.39, 0.29) is 0 Å². The number of hydrogen-bond donors (Lipinski definition) is 1. The summed E-state index contributed by atoms with van der Waals surface area (Å²) in [7, 11) is 1.26. The molecule has 0 bridgehead atoms. The van der Waals surface area contributed by atoms with E-state index in [1.165, 1.54) is 7.11 Å². The highest BCUT2D eigenvalue weighted by Gasteiger charge is 1.95. The van der Waals surface area contributed by atoms with Crippen LogP contribution in [0.25, 0.3) is 0 Å². The highest BCUT2D eigenvalue weighted by molar-refractivity contribution is 5.89. The quantitative estimate of drug-likeness (QED) is 0.452. The van der Waals surface area contributed by atoms with Gasteiger partial charge in [0.15, 0.2) is 0 Å². The van der Waals surface area contributed by atoms with Crippen molar-refractivity contribution in [3.63, 3.8) is 0 Å². The smallest absolute Gasteiger partial charge is 0.384 e. The lowest BCUT2D eigenvalue weighted by Gasteiger charge is -1.93. The first-order chi connectivity index (χ1) is 6.24. The molecule has 0 aliphatic rings. The third kappa shape index (κ3) is 2.49. The van der Waals surface area contributed by atoms with Gasteiger partial charge in [0, 0.05) is 12.1 Å². The van der Waals surface area contributed by atoms with Gasteiger partial charge in [-0.25, -0.2) is 9.78 Å². The highest BCUT2D eigenvalue weighted by Crippen LogP contribution is 2.03. The summed E-state index contributed by atoms with van der Waals surface area (Å²) in [5.74, 6) is 4.13. The molecule has 0 amide bonds. The Labute approximate surface area is 75.7 Å². The van der Waals surface area contributed by atoms with Crippen LogP contribution in [0.2, 0.25) is 0 Å². The van der Waals surface area contributed by atoms with Crippen molar-refractivity contribution in [2.75, 3.05) is 12.8 Å². The monoisotopic (exact) mass is 176 g/mol. The van der Waals surface area contributed by atoms with Gasteiger partial charge in [-0.3, -0.25) is 0 Å². The number of nitrogens with zero attached hydrogens (tertiary/aromatic N) is 1. The molecular formula is C9H8N2O2. The lowest BCUT2D eigenvalue weighted by atomic mass is 10.3. The van der Waals surface area contributed by atoms with Crippen LogP contribution < -0.4 is 5.73 Å². The van der Waals surface area contributed by atoms with Crippen molar-refractivity contribution >= 4 is 11.7 Å². The third-order valence-electron chi connectivity index (χ3n) is 1.31. The number of nitrogens with two attached hydrogens (primary N) is 1. The molecule has 0 aromatic carbocycles. The van der Waals surface area contributed by atoms with Gasteiger partial charge in [-0.15, -0.1) is 0 Å². The van der Waals surface area contributed by atoms with Crippen LogP contribution >= 0.6 is 0 Å². The SMILES string of the molecule is COC(=O)C#Cc1ncccc1N. The van der Waals surface area contributed by atoms with Gasteiger partial charge in [0.25, 0.3) is 0 Å². The zero-order valence-corrected chi connectivity index (χ0v) is 7.07. The molecule has 0 saturated carbocycles. The van der Waals surface area contributed by atoms with Crippen molar-refractivity contribution in [3.05, 3.63) is 24.0 Å². The fourth-order valence-electron chi connectivity index (χ4n) is 0.683. The second-order valence-corrected chi connectivity index (χ2v) is 2.18. The summed E-state index contributed by atoms with van der Waals surface area (Å²) in [5, 5.41) is 0. The maximum Gasteiger partial charge on any atom is 0.384 e. The van der Waals surface area contributed by atoms with E-state index >= 15 is 0 Å². The predicted molar refractivity (Wildman–Crippen MR) is 47.5 cm³/mol. The van der Waals surface area contributed by atoms with E-state index in [4.69, 9.17) is 5.73 Å². The minimum absolute atomic E-state index is 0.382. The van der Waals surface area contributed by atoms with E-state index in [1.807, 2.05) is 0 Å². The van der Waals surface area contributed by atoms with Crippen molar-refractivity contribution in [3.8, 4) is 11.8 Å². The van der Waals surface area contributed by atoms with Crippen LogP contribution in [0.15, 0.2) is 18.3 Å². The molecule has 1 heterocycles. The number of anilines is 1. The Hall–Kier alpha value is -2.02. The number of rotatable bonds is 0. The van der Waals surface area contributed by atoms with Gasteiger partial charge < -0.3 is 10.5 Å². The minimum atomic E-state index is -0.606. The van der Waals surface area contributed by atoms with Crippen LogP contribution in [0.4, 0.5) is 5.69 Å². The molecule has 4 nitrogen and oxygen atoms in total. The Bertz CT molecular complexity index is 377. The van der Waals surface area contributed by atoms with Gasteiger partial charge in [0.1, 0.15) is 5.69 Å². The molecular weight excluding hydrogens is 168 g/mol. The van der Waals surface area contributed by atoms with E-state index in [2.05, 4.69) is 21.6 Å². The normalized spacial score (nSPS) is 8.38. The van der Waals surface area contributed by atoms with Crippen molar-refractivity contribution < 1.29 is 9.53 Å². The molecule has 0 unspecified atom stereocenters. The highest BCUT2D eigenvalue weighted by atomic mass is 16.5. The fourth-order valence-corrected chi connectivity index (χ4v) is 0.683. The Balaban J connectivity index is 2.89. The summed E-state index contributed by atoms with van der Waals surface area (Å²) in [6.07, 6.45) is 1.55. The molecule has 2 N–H and O–H groups in total. The van der Waals surface area contributed by atoms with Gasteiger partial charge in [-0.05, 0) is 18.1 Å². The zero-order valence-electron chi connectivity index (χ0n) is 7.07. The number of pyridine rings is 1. The minimum Gasteiger partial charge on any atom is -0.459 e. The van der Waals surface area contributed by atoms with Crippen LogP contribution in [-0.2, 0) is 9.53 Å². The zero-order chi connectivity index (χ0) is 9.68. The third-order valence-corrected chi connectivity index (χ3v) is 1.31. The van der Waals surface area contributed by atoms with Crippen LogP contribution in [0.5, 0.6) is 0 Å². The molecule has 1 aromatic rings. The molecule has 1 rings (SSSR count). The first-order valence-corrected chi connectivity index (χ1v) is 3.54. The number of methoxy groups -OCH3 is 1. The van der Waals surface area contributed by atoms with Gasteiger partial charge in [-0.1, -0.05) is 0 Å². The Morgan fingerprint density at radius 1 is 1.69 bits per heavy atom. The van der Waals surface area contributed by atoms with Gasteiger partial charge in [0.2, 0.25) is 0 Å². The number of nitrogen functional groups attached to an aromatic ring is 1. The van der Waals surface area contributed by atoms with E-state index in [0.717, 1.165) is 0 Å². The number of carbonyl (C=O) groups is 1. The van der Waals surface area contributed by atoms with Gasteiger partial charge in [0.05, 0.1) is 12.8 Å². The summed E-state index contributed by atoms with van der Waals surface area (Å²) in [6.45, 7) is 0. The van der Waals surface area contributed by atoms with E-state index in [9.17, 15) is 4.79 Å². The number of esters is 1. The topological polar surface area (TPSA) is 65.2 Å². The molecule has 0 fully saturated rings. The van der Waals surface area contributed by atoms with Gasteiger partial charge >= 0.3 is 5.97 Å². The van der Waals surface area contributed by atoms with Crippen molar-refractivity contribution in [2.24, 2.45) is 0 Å². The Morgan fingerprint density at radius 3 is 3.08 bits per heavy atom. The molecule has 4 heteroatoms. The second kappa shape index (κ2) is 4.12. The lowest BCUT2D eigenvalue weighted by molar-refractivity contribution is -0.133. The number of ether oxygens (including phenoxy) is 1. The number of aromatic nitrogens is 1. The van der Waals surface area contributed by atoms with E-state index < -0.39 is 5.97 Å². The summed E-state index contributed by atoms with van der Waals surface area (Å²) in [5.41, 5.74) is 6.36. The predicted octanol–water partition coefficient (Wildman–Crippen LogP) is 0.188. The summed E-state index contributed by atoms with van der Waals surface area (Å²) < 4.78 is 4.33. The molecule has 0 aliphatic carbocycles. The van der Waals surface area contributed by atoms with Crippen LogP contribution in [0.3, 0.4) is 0 Å². The van der Waals surface area contributed by atoms with E-state index in [1.54, 1.807) is 18.3 Å². The molecule has 0 saturated heterocycles. The van der Waals surface area contributed by atoms with Crippen LogP contribution in [0.1, 0.15) is 5.69 Å². The van der Waals surface area contributed by atoms with Crippen LogP contribution in [0, 0.1) is 11.8 Å². The summed E-state index contributed by atoms with van der Waals surface area (Å²) >= 11 is 0. The molecule has 0 aliphatic heterocycles. The molecule has 0 atom stereocenters. The van der Waals surface area contributed by atoms with Crippen molar-refractivity contribution in [1.29, 1.82) is 0 Å². The Kier molecular flexibility index (Phi) is 2.87. The fraction of sp³-hybridized carbons (Fsp3) is 0.111. The average molecular weight is 176 g/mol. The maximum atomic E-state index is 10.6. The molecule has 1 aromatic heterocycles. The molecule has 66 valence electrons. The van der Waals surface area contributed by atoms with Crippen molar-refractivity contribution in [1.82, 2.24) is 4.98 Å². The standard InChI is InChI=1S/C9H8N2O2/c1-13-9(12)5-4-8-7(10)3-2-6-11-8/h2-3,6H,10H2,1H3. The van der Waals surface area contributed by atoms with Gasteiger partial charge in [-0.2, -0.15) is 0 Å². The maximum absolute atomic E-state index is 10.6. The number of hydrogen-bond acceptors (Lipinski definition) is 4. The first kappa shape index (κ1) is 9.07.